The first-order chi connectivity index (χ1) is 6.88. The van der Waals surface area contributed by atoms with Crippen LogP contribution in [-0.4, -0.2) is 23.4 Å². The van der Waals surface area contributed by atoms with Crippen molar-refractivity contribution in [3.8, 4) is 5.75 Å². The number of ether oxygens (including phenoxy) is 1. The number of hydrogen-bond donors (Lipinski definition) is 1. The molecule has 1 N–H and O–H groups in total. The molecule has 1 atom stereocenters. The molecule has 0 saturated carbocycles. The van der Waals surface area contributed by atoms with Crippen LogP contribution in [0.25, 0.3) is 0 Å². The highest BCUT2D eigenvalue weighted by Crippen LogP contribution is 2.39. The van der Waals surface area contributed by atoms with Crippen molar-refractivity contribution in [2.45, 2.75) is 12.3 Å². The number of nitrogens with zero attached hydrogens (tertiary/aromatic N) is 1. The average molecular weight is 286 g/mol. The predicted molar refractivity (Wildman–Crippen MR) is 49.5 cm³/mol. The molecule has 0 fully saturated rings. The summed E-state index contributed by atoms with van der Waals surface area (Å²) in [5.74, 6) is -0.0742. The van der Waals surface area contributed by atoms with Gasteiger partial charge < -0.3 is 9.84 Å². The fourth-order valence-electron chi connectivity index (χ4n) is 1.02. The summed E-state index contributed by atoms with van der Waals surface area (Å²) in [4.78, 5) is 3.54. The van der Waals surface area contributed by atoms with Crippen LogP contribution >= 0.6 is 15.9 Å². The van der Waals surface area contributed by atoms with E-state index in [4.69, 9.17) is 9.84 Å². The number of hydrogen-bond acceptors (Lipinski definition) is 3. The molecule has 0 aromatic carbocycles. The molecule has 0 amide bonds. The van der Waals surface area contributed by atoms with Crippen molar-refractivity contribution in [1.82, 2.24) is 4.98 Å². The summed E-state index contributed by atoms with van der Waals surface area (Å²) >= 11 is 2.98. The molecular formula is C8H7BrF3NO2. The lowest BCUT2D eigenvalue weighted by molar-refractivity contribution is -0.207. The van der Waals surface area contributed by atoms with E-state index in [1.807, 2.05) is 0 Å². The highest BCUT2D eigenvalue weighted by atomic mass is 79.9. The highest BCUT2D eigenvalue weighted by molar-refractivity contribution is 9.10. The van der Waals surface area contributed by atoms with E-state index in [0.717, 1.165) is 6.20 Å². The molecule has 0 radical (unpaired) electrons. The lowest BCUT2D eigenvalue weighted by Gasteiger charge is -2.17. The largest absolute Gasteiger partial charge is 0.495 e. The Balaban J connectivity index is 3.20. The topological polar surface area (TPSA) is 42.4 Å². The Morgan fingerprint density at radius 2 is 2.07 bits per heavy atom. The van der Waals surface area contributed by atoms with E-state index in [-0.39, 0.29) is 10.2 Å². The van der Waals surface area contributed by atoms with E-state index in [2.05, 4.69) is 20.9 Å². The molecule has 1 unspecified atom stereocenters. The van der Waals surface area contributed by atoms with Gasteiger partial charge in [0.1, 0.15) is 5.75 Å². The first-order valence-corrected chi connectivity index (χ1v) is 4.59. The fraction of sp³-hybridized carbons (Fsp3) is 0.375. The van der Waals surface area contributed by atoms with Crippen LogP contribution in [0.3, 0.4) is 0 Å². The number of aromatic nitrogens is 1. The molecule has 0 saturated heterocycles. The first-order valence-electron chi connectivity index (χ1n) is 3.80. The van der Waals surface area contributed by atoms with Crippen LogP contribution in [0.4, 0.5) is 13.2 Å². The molecule has 1 heterocycles. The number of aliphatic hydroxyl groups excluding tert-OH is 1. The van der Waals surface area contributed by atoms with Crippen molar-refractivity contribution in [3.63, 3.8) is 0 Å². The van der Waals surface area contributed by atoms with Gasteiger partial charge in [0.2, 0.25) is 0 Å². The van der Waals surface area contributed by atoms with Gasteiger partial charge in [-0.3, -0.25) is 4.98 Å². The second-order valence-electron chi connectivity index (χ2n) is 2.69. The van der Waals surface area contributed by atoms with Gasteiger partial charge in [-0.1, -0.05) is 0 Å². The van der Waals surface area contributed by atoms with Gasteiger partial charge in [-0.25, -0.2) is 0 Å². The molecule has 1 rings (SSSR count). The van der Waals surface area contributed by atoms with Crippen LogP contribution in [0.1, 0.15) is 11.7 Å². The molecule has 0 aliphatic carbocycles. The fourth-order valence-corrected chi connectivity index (χ4v) is 1.53. The molecule has 0 bridgehead atoms. The Morgan fingerprint density at radius 3 is 2.53 bits per heavy atom. The van der Waals surface area contributed by atoms with Gasteiger partial charge in [0.05, 0.1) is 17.1 Å². The summed E-state index contributed by atoms with van der Waals surface area (Å²) in [6.07, 6.45) is -5.14. The quantitative estimate of drug-likeness (QED) is 0.908. The van der Waals surface area contributed by atoms with E-state index in [1.165, 1.54) is 13.3 Å². The molecule has 1 aromatic heterocycles. The van der Waals surface area contributed by atoms with Gasteiger partial charge in [0.15, 0.2) is 6.10 Å². The average Bonchev–Trinajstić information content (AvgIpc) is 2.14. The summed E-state index contributed by atoms with van der Waals surface area (Å²) in [5, 5.41) is 9.03. The third-order valence-corrected chi connectivity index (χ3v) is 2.25. The zero-order chi connectivity index (χ0) is 11.6. The zero-order valence-electron chi connectivity index (χ0n) is 7.55. The van der Waals surface area contributed by atoms with Gasteiger partial charge in [0, 0.05) is 12.4 Å². The van der Waals surface area contributed by atoms with E-state index in [0.29, 0.717) is 0 Å². The molecule has 3 nitrogen and oxygen atoms in total. The lowest BCUT2D eigenvalue weighted by atomic mass is 10.1. The molecule has 0 aliphatic heterocycles. The monoisotopic (exact) mass is 285 g/mol. The normalized spacial score (nSPS) is 13.7. The van der Waals surface area contributed by atoms with Crippen LogP contribution in [0, 0.1) is 0 Å². The van der Waals surface area contributed by atoms with Crippen molar-refractivity contribution < 1.29 is 23.0 Å². The minimum atomic E-state index is -4.74. The zero-order valence-corrected chi connectivity index (χ0v) is 9.13. The Morgan fingerprint density at radius 1 is 1.47 bits per heavy atom. The number of alkyl halides is 3. The third kappa shape index (κ3) is 2.60. The summed E-state index contributed by atoms with van der Waals surface area (Å²) in [6.45, 7) is 0. The van der Waals surface area contributed by atoms with Crippen LogP contribution in [0.5, 0.6) is 5.75 Å². The Hall–Kier alpha value is -0.820. The number of halogens is 4. The summed E-state index contributed by atoms with van der Waals surface area (Å²) < 4.78 is 41.7. The van der Waals surface area contributed by atoms with Crippen molar-refractivity contribution in [2.24, 2.45) is 0 Å². The molecule has 84 valence electrons. The molecular weight excluding hydrogens is 279 g/mol. The van der Waals surface area contributed by atoms with E-state index < -0.39 is 17.8 Å². The van der Waals surface area contributed by atoms with Crippen LogP contribution in [-0.2, 0) is 0 Å². The number of pyridine rings is 1. The van der Waals surface area contributed by atoms with Crippen molar-refractivity contribution >= 4 is 15.9 Å². The maximum absolute atomic E-state index is 12.2. The maximum atomic E-state index is 12.2. The summed E-state index contributed by atoms with van der Waals surface area (Å²) in [7, 11) is 1.21. The highest BCUT2D eigenvalue weighted by Gasteiger charge is 2.41. The van der Waals surface area contributed by atoms with Gasteiger partial charge >= 0.3 is 6.18 Å². The summed E-state index contributed by atoms with van der Waals surface area (Å²) in [5.41, 5.74) is -0.417. The number of aliphatic hydroxyl groups is 1. The number of rotatable bonds is 2. The Kier molecular flexibility index (Phi) is 3.56. The second kappa shape index (κ2) is 4.36. The first kappa shape index (κ1) is 12.3. The van der Waals surface area contributed by atoms with Crippen LogP contribution in [0.15, 0.2) is 16.9 Å². The van der Waals surface area contributed by atoms with Gasteiger partial charge in [-0.2, -0.15) is 13.2 Å². The van der Waals surface area contributed by atoms with Gasteiger partial charge in [-0.15, -0.1) is 0 Å². The predicted octanol–water partition coefficient (Wildman–Crippen LogP) is 2.45. The Bertz CT molecular complexity index is 356. The van der Waals surface area contributed by atoms with Crippen molar-refractivity contribution in [3.05, 3.63) is 22.4 Å². The smallest absolute Gasteiger partial charge is 0.418 e. The number of methoxy groups -OCH3 is 1. The molecule has 7 heteroatoms. The van der Waals surface area contributed by atoms with Crippen LogP contribution < -0.4 is 4.74 Å². The van der Waals surface area contributed by atoms with Crippen molar-refractivity contribution in [1.29, 1.82) is 0 Å². The summed E-state index contributed by atoms with van der Waals surface area (Å²) in [6, 6.07) is 0. The van der Waals surface area contributed by atoms with E-state index in [1.54, 1.807) is 0 Å². The lowest BCUT2D eigenvalue weighted by Crippen LogP contribution is -2.21. The SMILES string of the molecule is COc1c(Br)cncc1C(O)C(F)(F)F. The maximum Gasteiger partial charge on any atom is 0.418 e. The van der Waals surface area contributed by atoms with Crippen LogP contribution in [0.2, 0.25) is 0 Å². The van der Waals surface area contributed by atoms with Gasteiger partial charge in [0.25, 0.3) is 0 Å². The Labute approximate surface area is 92.0 Å². The molecule has 0 spiro atoms. The molecule has 15 heavy (non-hydrogen) atoms. The van der Waals surface area contributed by atoms with E-state index >= 15 is 0 Å². The molecule has 1 aromatic rings. The van der Waals surface area contributed by atoms with E-state index in [9.17, 15) is 13.2 Å². The van der Waals surface area contributed by atoms with Gasteiger partial charge in [-0.05, 0) is 15.9 Å². The molecule has 0 aliphatic rings. The van der Waals surface area contributed by atoms with Crippen molar-refractivity contribution in [2.75, 3.05) is 7.11 Å². The minimum absolute atomic E-state index is 0.0742. The second-order valence-corrected chi connectivity index (χ2v) is 3.54. The third-order valence-electron chi connectivity index (χ3n) is 1.69. The standard InChI is InChI=1S/C8H7BrF3NO2/c1-15-6-4(2-13-3-5(6)9)7(14)8(10,11)12/h2-3,7,14H,1H3. The minimum Gasteiger partial charge on any atom is -0.495 e.